The van der Waals surface area contributed by atoms with Crippen LogP contribution in [0.5, 0.6) is 11.5 Å². The van der Waals surface area contributed by atoms with Gasteiger partial charge in [-0.3, -0.25) is 0 Å². The van der Waals surface area contributed by atoms with Crippen LogP contribution >= 0.6 is 33.9 Å². The van der Waals surface area contributed by atoms with Crippen LogP contribution in [0.4, 0.5) is 0 Å². The number of hydrogen-bond acceptors (Lipinski definition) is 4. The molecule has 1 aromatic carbocycles. The maximum Gasteiger partial charge on any atom is 0.231 e. The Hall–Kier alpha value is -0.790. The lowest BCUT2D eigenvalue weighted by Gasteiger charge is -2.24. The average molecular weight is 413 g/mol. The minimum Gasteiger partial charge on any atom is -0.454 e. The van der Waals surface area contributed by atoms with E-state index in [2.05, 4.69) is 40.0 Å². The van der Waals surface area contributed by atoms with Crippen LogP contribution in [-0.2, 0) is 13.0 Å². The fourth-order valence-corrected chi connectivity index (χ4v) is 5.22. The molecule has 1 aliphatic heterocycles. The van der Waals surface area contributed by atoms with Gasteiger partial charge in [0.1, 0.15) is 0 Å². The number of thiophene rings is 1. The number of rotatable bonds is 3. The zero-order valence-electron chi connectivity index (χ0n) is 11.5. The van der Waals surface area contributed by atoms with Crippen molar-refractivity contribution in [2.75, 3.05) is 6.79 Å². The van der Waals surface area contributed by atoms with E-state index < -0.39 is 0 Å². The molecule has 3 nitrogen and oxygen atoms in total. The Morgan fingerprint density at radius 3 is 3.24 bits per heavy atom. The Kier molecular flexibility index (Phi) is 3.81. The number of hydrogen-bond donors (Lipinski definition) is 1. The number of fused-ring (bicyclic) bond motifs is 2. The number of ether oxygens (including phenoxy) is 2. The summed E-state index contributed by atoms with van der Waals surface area (Å²) in [6.45, 7) is 1.16. The molecule has 0 fully saturated rings. The smallest absolute Gasteiger partial charge is 0.231 e. The summed E-state index contributed by atoms with van der Waals surface area (Å²) in [5, 5.41) is 3.70. The van der Waals surface area contributed by atoms with Crippen molar-refractivity contribution in [3.05, 3.63) is 43.2 Å². The van der Waals surface area contributed by atoms with Crippen LogP contribution in [0.3, 0.4) is 0 Å². The lowest BCUT2D eigenvalue weighted by Crippen LogP contribution is -2.24. The third-order valence-electron chi connectivity index (χ3n) is 4.10. The third-order valence-corrected chi connectivity index (χ3v) is 6.07. The van der Waals surface area contributed by atoms with E-state index in [0.717, 1.165) is 18.0 Å². The Balaban J connectivity index is 1.52. The number of benzene rings is 1. The molecule has 1 aromatic heterocycles. The van der Waals surface area contributed by atoms with Gasteiger partial charge in [0, 0.05) is 23.0 Å². The van der Waals surface area contributed by atoms with Crippen molar-refractivity contribution in [1.82, 2.24) is 5.32 Å². The van der Waals surface area contributed by atoms with E-state index in [-0.39, 0.29) is 0 Å². The Bertz CT molecular complexity index is 670. The molecule has 1 aliphatic carbocycles. The van der Waals surface area contributed by atoms with E-state index in [1.165, 1.54) is 33.3 Å². The number of nitrogens with one attached hydrogen (secondary N) is 1. The van der Waals surface area contributed by atoms with Gasteiger partial charge in [0.2, 0.25) is 6.79 Å². The summed E-state index contributed by atoms with van der Waals surface area (Å²) in [5.74, 6) is 1.77. The van der Waals surface area contributed by atoms with Crippen molar-refractivity contribution in [3.63, 3.8) is 0 Å². The maximum absolute atomic E-state index is 5.58. The fraction of sp³-hybridized carbons (Fsp3) is 0.375. The van der Waals surface area contributed by atoms with Crippen molar-refractivity contribution >= 4 is 33.9 Å². The Morgan fingerprint density at radius 2 is 2.29 bits per heavy atom. The molecule has 1 atom stereocenters. The van der Waals surface area contributed by atoms with Gasteiger partial charge in [-0.2, -0.15) is 0 Å². The highest BCUT2D eigenvalue weighted by atomic mass is 127. The van der Waals surface area contributed by atoms with Crippen LogP contribution in [-0.4, -0.2) is 6.79 Å². The highest BCUT2D eigenvalue weighted by molar-refractivity contribution is 14.1. The molecular weight excluding hydrogens is 397 g/mol. The maximum atomic E-state index is 5.58. The standard InChI is InChI=1S/C16H16INO2S/c17-15-7-11-12(4-2-6-14(11)21-15)18-8-10-3-1-5-13-16(10)20-9-19-13/h1,3,5,7,12,18H,2,4,6,8-9H2. The van der Waals surface area contributed by atoms with Crippen molar-refractivity contribution in [3.8, 4) is 11.5 Å². The van der Waals surface area contributed by atoms with Crippen LogP contribution in [0, 0.1) is 2.88 Å². The van der Waals surface area contributed by atoms with E-state index in [4.69, 9.17) is 9.47 Å². The monoisotopic (exact) mass is 413 g/mol. The van der Waals surface area contributed by atoms with E-state index in [1.807, 2.05) is 23.5 Å². The van der Waals surface area contributed by atoms with Crippen molar-refractivity contribution in [2.45, 2.75) is 31.8 Å². The third kappa shape index (κ3) is 2.66. The highest BCUT2D eigenvalue weighted by Crippen LogP contribution is 2.38. The predicted molar refractivity (Wildman–Crippen MR) is 92.1 cm³/mol. The molecule has 110 valence electrons. The summed E-state index contributed by atoms with van der Waals surface area (Å²) in [6, 6.07) is 8.91. The second-order valence-electron chi connectivity index (χ2n) is 5.41. The normalized spacial score (nSPS) is 19.6. The molecule has 2 aliphatic rings. The summed E-state index contributed by atoms with van der Waals surface area (Å²) in [5.41, 5.74) is 2.68. The molecular formula is C16H16INO2S. The largest absolute Gasteiger partial charge is 0.454 e. The van der Waals surface area contributed by atoms with Crippen molar-refractivity contribution < 1.29 is 9.47 Å². The first-order valence-electron chi connectivity index (χ1n) is 7.20. The van der Waals surface area contributed by atoms with Gasteiger partial charge in [0.05, 0.1) is 2.88 Å². The zero-order valence-corrected chi connectivity index (χ0v) is 14.5. The summed E-state index contributed by atoms with van der Waals surface area (Å²) >= 11 is 4.37. The van der Waals surface area contributed by atoms with Crippen LogP contribution in [0.25, 0.3) is 0 Å². The van der Waals surface area contributed by atoms with Gasteiger partial charge in [0.25, 0.3) is 0 Å². The molecule has 21 heavy (non-hydrogen) atoms. The average Bonchev–Trinajstić information content (AvgIpc) is 3.10. The predicted octanol–water partition coefficient (Wildman–Crippen LogP) is 4.25. The summed E-state index contributed by atoms with van der Waals surface area (Å²) < 4.78 is 12.4. The summed E-state index contributed by atoms with van der Waals surface area (Å²) in [6.07, 6.45) is 3.72. The van der Waals surface area contributed by atoms with E-state index in [0.29, 0.717) is 12.8 Å². The molecule has 1 N–H and O–H groups in total. The molecule has 5 heteroatoms. The topological polar surface area (TPSA) is 30.5 Å². The summed E-state index contributed by atoms with van der Waals surface area (Å²) in [4.78, 5) is 1.56. The SMILES string of the molecule is Ic1cc2c(s1)CCCC2NCc1cccc2c1OCO2. The molecule has 0 amide bonds. The minimum atomic E-state index is 0.336. The number of halogens is 1. The van der Waals surface area contributed by atoms with Gasteiger partial charge in [-0.25, -0.2) is 0 Å². The molecule has 0 spiro atoms. The minimum absolute atomic E-state index is 0.336. The molecule has 0 radical (unpaired) electrons. The number of para-hydroxylation sites is 1. The van der Waals surface area contributed by atoms with Gasteiger partial charge >= 0.3 is 0 Å². The lowest BCUT2D eigenvalue weighted by molar-refractivity contribution is 0.173. The molecule has 0 saturated carbocycles. The highest BCUT2D eigenvalue weighted by Gasteiger charge is 2.23. The quantitative estimate of drug-likeness (QED) is 0.764. The molecule has 1 unspecified atom stereocenters. The van der Waals surface area contributed by atoms with E-state index in [1.54, 1.807) is 4.88 Å². The van der Waals surface area contributed by atoms with Gasteiger partial charge < -0.3 is 14.8 Å². The second kappa shape index (κ2) is 5.78. The fourth-order valence-electron chi connectivity index (χ4n) is 3.10. The Labute approximate surface area is 141 Å². The van der Waals surface area contributed by atoms with E-state index in [9.17, 15) is 0 Å². The van der Waals surface area contributed by atoms with Crippen molar-refractivity contribution in [2.24, 2.45) is 0 Å². The second-order valence-corrected chi connectivity index (χ2v) is 8.44. The molecule has 0 saturated heterocycles. The zero-order chi connectivity index (χ0) is 14.2. The van der Waals surface area contributed by atoms with Crippen LogP contribution < -0.4 is 14.8 Å². The first-order valence-corrected chi connectivity index (χ1v) is 9.10. The van der Waals surface area contributed by atoms with Crippen LogP contribution in [0.1, 0.15) is 34.9 Å². The van der Waals surface area contributed by atoms with Crippen LogP contribution in [0.2, 0.25) is 0 Å². The van der Waals surface area contributed by atoms with Crippen LogP contribution in [0.15, 0.2) is 24.3 Å². The van der Waals surface area contributed by atoms with Gasteiger partial charge in [0.15, 0.2) is 11.5 Å². The summed E-state index contributed by atoms with van der Waals surface area (Å²) in [7, 11) is 0. The number of aryl methyl sites for hydroxylation is 1. The molecule has 0 bridgehead atoms. The van der Waals surface area contributed by atoms with Gasteiger partial charge in [-0.05, 0) is 59.5 Å². The van der Waals surface area contributed by atoms with E-state index >= 15 is 0 Å². The first-order chi connectivity index (χ1) is 10.3. The molecule has 2 aromatic rings. The van der Waals surface area contributed by atoms with Crippen molar-refractivity contribution in [1.29, 1.82) is 0 Å². The Morgan fingerprint density at radius 1 is 1.33 bits per heavy atom. The molecule has 2 heterocycles. The first kappa shape index (κ1) is 13.8. The van der Waals surface area contributed by atoms with Gasteiger partial charge in [-0.15, -0.1) is 11.3 Å². The van der Waals surface area contributed by atoms with Gasteiger partial charge in [-0.1, -0.05) is 12.1 Å². The lowest BCUT2D eigenvalue weighted by atomic mass is 9.94. The molecule has 4 rings (SSSR count).